The van der Waals surface area contributed by atoms with Gasteiger partial charge in [-0.3, -0.25) is 24.0 Å². The number of rotatable bonds is 7. The van der Waals surface area contributed by atoms with E-state index in [0.29, 0.717) is 0 Å². The van der Waals surface area contributed by atoms with Gasteiger partial charge in [0.1, 0.15) is 22.9 Å². The van der Waals surface area contributed by atoms with Gasteiger partial charge in [-0.1, -0.05) is 0 Å². The van der Waals surface area contributed by atoms with Gasteiger partial charge in [-0.25, -0.2) is 12.8 Å². The Balaban J connectivity index is 1.90. The van der Waals surface area contributed by atoms with Crippen LogP contribution in [0.1, 0.15) is 17.5 Å². The Morgan fingerprint density at radius 3 is 2.46 bits per heavy atom. The van der Waals surface area contributed by atoms with Crippen molar-refractivity contribution in [1.82, 2.24) is 10.2 Å². The molecule has 4 rings (SSSR count). The number of aliphatic hydroxyl groups is 3. The van der Waals surface area contributed by atoms with Crippen LogP contribution in [0.4, 0.5) is 10.1 Å². The molecule has 0 saturated heterocycles. The number of fused-ring (bicyclic) bond motifs is 3. The first-order valence-electron chi connectivity index (χ1n) is 11.9. The maximum absolute atomic E-state index is 15.3. The normalized spacial score (nSPS) is 26.9. The monoisotopic (exact) mass is 568 g/mol. The summed E-state index contributed by atoms with van der Waals surface area (Å²) in [6.45, 7) is 0.0511. The van der Waals surface area contributed by atoms with E-state index < -0.39 is 102 Å². The highest BCUT2D eigenvalue weighted by Gasteiger charge is 2.64. The summed E-state index contributed by atoms with van der Waals surface area (Å²) in [4.78, 5) is 40.2. The number of carbonyl (C=O) groups is 3. The minimum absolute atomic E-state index is 0.0511. The second-order valence-electron chi connectivity index (χ2n) is 10.1. The summed E-state index contributed by atoms with van der Waals surface area (Å²) in [7, 11) is 0.403. The molecule has 0 heterocycles. The van der Waals surface area contributed by atoms with E-state index >= 15 is 4.39 Å². The minimum atomic E-state index is -4.04. The highest BCUT2D eigenvalue weighted by molar-refractivity contribution is 7.92. The summed E-state index contributed by atoms with van der Waals surface area (Å²) in [5.41, 5.74) is -0.349. The summed E-state index contributed by atoms with van der Waals surface area (Å²) in [5, 5.41) is 47.1. The van der Waals surface area contributed by atoms with Gasteiger partial charge in [0.05, 0.1) is 23.0 Å². The fraction of sp³-hybridized carbons (Fsp3) is 0.458. The standard InChI is InChI=1S/C24H29FN4O9S/c1-27-4-5-39(37,38)28-13-8-12(25)10-6-9-7-11-17(29(2)3)20(32)16(23(26)35)22(34)24(11,36)21(33)14(9)19(31)15(10)18(13)30/h8-9,11,17,27-28,30-31,34,36H,4-7H2,1-3H3,(H2,26,35)/t9-,11-,17-,24-/m0/s1. The number of phenols is 1. The molecule has 15 heteroatoms. The number of nitrogens with one attached hydrogen (secondary N) is 2. The highest BCUT2D eigenvalue weighted by Crippen LogP contribution is 2.53. The number of anilines is 1. The number of sulfonamides is 1. The Kier molecular flexibility index (Phi) is 7.00. The van der Waals surface area contributed by atoms with Gasteiger partial charge in [-0.05, 0) is 39.9 Å². The third-order valence-corrected chi connectivity index (χ3v) is 8.83. The lowest BCUT2D eigenvalue weighted by Gasteiger charge is -2.50. The van der Waals surface area contributed by atoms with Crippen LogP contribution >= 0.6 is 0 Å². The van der Waals surface area contributed by atoms with Crippen molar-refractivity contribution in [3.63, 3.8) is 0 Å². The van der Waals surface area contributed by atoms with Crippen molar-refractivity contribution in [3.05, 3.63) is 39.9 Å². The fourth-order valence-electron chi connectivity index (χ4n) is 5.80. The fourth-order valence-corrected chi connectivity index (χ4v) is 6.86. The summed E-state index contributed by atoms with van der Waals surface area (Å²) >= 11 is 0. The molecule has 3 aliphatic rings. The smallest absolute Gasteiger partial charge is 0.255 e. The number of primary amides is 1. The number of aliphatic hydroxyl groups excluding tert-OH is 2. The lowest BCUT2D eigenvalue weighted by molar-refractivity contribution is -0.153. The van der Waals surface area contributed by atoms with Crippen LogP contribution in [0.5, 0.6) is 5.75 Å². The molecule has 1 amide bonds. The number of amides is 1. The molecule has 0 bridgehead atoms. The molecule has 0 unspecified atom stereocenters. The van der Waals surface area contributed by atoms with Crippen molar-refractivity contribution in [3.8, 4) is 5.75 Å². The van der Waals surface area contributed by atoms with Crippen molar-refractivity contribution >= 4 is 38.9 Å². The Bertz CT molecular complexity index is 1470. The first-order valence-corrected chi connectivity index (χ1v) is 13.6. The topological polar surface area (TPSA) is 220 Å². The van der Waals surface area contributed by atoms with Crippen molar-refractivity contribution in [2.45, 2.75) is 24.5 Å². The van der Waals surface area contributed by atoms with E-state index in [1.807, 2.05) is 4.72 Å². The first kappa shape index (κ1) is 28.5. The first-order chi connectivity index (χ1) is 18.1. The third kappa shape index (κ3) is 4.25. The molecular formula is C24H29FN4O9S. The van der Waals surface area contributed by atoms with E-state index in [1.54, 1.807) is 0 Å². The van der Waals surface area contributed by atoms with Gasteiger partial charge in [0.15, 0.2) is 17.1 Å². The summed E-state index contributed by atoms with van der Waals surface area (Å²) in [6, 6.07) is -0.514. The van der Waals surface area contributed by atoms with Crippen molar-refractivity contribution in [1.29, 1.82) is 0 Å². The maximum Gasteiger partial charge on any atom is 0.255 e. The molecule has 8 N–H and O–H groups in total. The van der Waals surface area contributed by atoms with Gasteiger partial charge in [0.25, 0.3) is 5.91 Å². The van der Waals surface area contributed by atoms with Crippen molar-refractivity contribution < 1.29 is 47.6 Å². The minimum Gasteiger partial charge on any atom is -0.508 e. The number of ketones is 2. The number of aromatic hydroxyl groups is 1. The molecule has 1 aromatic carbocycles. The number of likely N-dealkylation sites (N-methyl/N-ethyl adjacent to an activating group) is 1. The van der Waals surface area contributed by atoms with E-state index in [0.717, 1.165) is 6.07 Å². The molecule has 0 spiro atoms. The molecule has 0 aliphatic heterocycles. The number of benzene rings is 1. The zero-order chi connectivity index (χ0) is 29.2. The molecule has 0 aromatic heterocycles. The van der Waals surface area contributed by atoms with E-state index in [9.17, 15) is 43.2 Å². The zero-order valence-corrected chi connectivity index (χ0v) is 22.1. The average molecular weight is 569 g/mol. The largest absolute Gasteiger partial charge is 0.508 e. The Hall–Kier alpha value is -3.53. The SMILES string of the molecule is CNCCS(=O)(=O)Nc1cc(F)c2c(c1O)C(O)=C1C(=O)[C@]3(O)C(O)=C(C(N)=O)C(=O)[C@@H](N(C)C)[C@@H]3C[C@@H]1C2. The van der Waals surface area contributed by atoms with Gasteiger partial charge in [-0.2, -0.15) is 0 Å². The second-order valence-corrected chi connectivity index (χ2v) is 11.9. The molecule has 1 saturated carbocycles. The molecule has 0 radical (unpaired) electrons. The van der Waals surface area contributed by atoms with Crippen LogP contribution in [0.25, 0.3) is 5.76 Å². The van der Waals surface area contributed by atoms with Crippen molar-refractivity contribution in [2.24, 2.45) is 17.6 Å². The summed E-state index contributed by atoms with van der Waals surface area (Å²) in [6.07, 6.45) is -0.467. The number of halogens is 1. The molecule has 1 fully saturated rings. The predicted molar refractivity (Wildman–Crippen MR) is 136 cm³/mol. The zero-order valence-electron chi connectivity index (χ0n) is 21.3. The highest BCUT2D eigenvalue weighted by atomic mass is 32.2. The average Bonchev–Trinajstić information content (AvgIpc) is 2.82. The van der Waals surface area contributed by atoms with Crippen LogP contribution in [-0.4, -0.2) is 96.3 Å². The van der Waals surface area contributed by atoms with Crippen molar-refractivity contribution in [2.75, 3.05) is 38.2 Å². The van der Waals surface area contributed by atoms with Crippen LogP contribution in [0, 0.1) is 17.7 Å². The van der Waals surface area contributed by atoms with Crippen LogP contribution < -0.4 is 15.8 Å². The number of Topliss-reactive ketones (excluding diaryl/α,β-unsaturated/α-hetero) is 2. The molecule has 39 heavy (non-hydrogen) atoms. The van der Waals surface area contributed by atoms with Gasteiger partial charge >= 0.3 is 0 Å². The van der Waals surface area contributed by atoms with Gasteiger partial charge in [0.2, 0.25) is 15.8 Å². The number of carbonyl (C=O) groups excluding carboxylic acids is 3. The molecule has 1 aromatic rings. The lowest BCUT2D eigenvalue weighted by atomic mass is 9.57. The second kappa shape index (κ2) is 9.59. The molecule has 212 valence electrons. The van der Waals surface area contributed by atoms with E-state index in [1.165, 1.54) is 26.0 Å². The Labute approximate surface area is 222 Å². The van der Waals surface area contributed by atoms with E-state index in [-0.39, 0.29) is 24.9 Å². The van der Waals surface area contributed by atoms with Gasteiger partial charge in [-0.15, -0.1) is 0 Å². The van der Waals surface area contributed by atoms with E-state index in [2.05, 4.69) is 5.32 Å². The summed E-state index contributed by atoms with van der Waals surface area (Å²) in [5.74, 6) is -10.2. The molecular weight excluding hydrogens is 539 g/mol. The van der Waals surface area contributed by atoms with Gasteiger partial charge in [0, 0.05) is 29.7 Å². The quantitative estimate of drug-likeness (QED) is 0.157. The number of hydrogen-bond donors (Lipinski definition) is 7. The summed E-state index contributed by atoms with van der Waals surface area (Å²) < 4.78 is 42.0. The third-order valence-electron chi connectivity index (χ3n) is 7.55. The number of nitrogens with two attached hydrogens (primary N) is 1. The Morgan fingerprint density at radius 1 is 1.26 bits per heavy atom. The van der Waals surface area contributed by atoms with Gasteiger partial charge < -0.3 is 31.5 Å². The van der Waals surface area contributed by atoms with Crippen LogP contribution in [0.15, 0.2) is 23.0 Å². The van der Waals surface area contributed by atoms with Crippen LogP contribution in [0.3, 0.4) is 0 Å². The predicted octanol–water partition coefficient (Wildman–Crippen LogP) is -0.936. The van der Waals surface area contributed by atoms with Crippen LogP contribution in [-0.2, 0) is 30.8 Å². The van der Waals surface area contributed by atoms with Crippen LogP contribution in [0.2, 0.25) is 0 Å². The number of hydrogen-bond acceptors (Lipinski definition) is 11. The van der Waals surface area contributed by atoms with E-state index in [4.69, 9.17) is 5.73 Å². The lowest BCUT2D eigenvalue weighted by Crippen LogP contribution is -2.65. The Morgan fingerprint density at radius 2 is 1.90 bits per heavy atom. The number of phenolic OH excluding ortho intramolecular Hbond substituents is 1. The molecule has 3 aliphatic carbocycles. The molecule has 4 atom stereocenters. The number of nitrogens with zero attached hydrogens (tertiary/aromatic N) is 1. The maximum atomic E-state index is 15.3. The molecule has 13 nitrogen and oxygen atoms in total.